The number of para-hydroxylation sites is 1. The second kappa shape index (κ2) is 6.67. The molecule has 1 atom stereocenters. The molecule has 0 bridgehead atoms. The number of aromatic nitrogens is 2. The molecule has 2 aromatic heterocycles. The fraction of sp³-hybridized carbons (Fsp3) is 0.0870. The van der Waals surface area contributed by atoms with Crippen LogP contribution in [0.5, 0.6) is 0 Å². The van der Waals surface area contributed by atoms with Crippen LogP contribution in [0.15, 0.2) is 79.0 Å². The van der Waals surface area contributed by atoms with Gasteiger partial charge in [-0.2, -0.15) is 0 Å². The van der Waals surface area contributed by atoms with Crippen LogP contribution < -0.4 is 4.90 Å². The molecule has 0 N–H and O–H groups in total. The lowest BCUT2D eigenvalue weighted by Crippen LogP contribution is -2.30. The van der Waals surface area contributed by atoms with E-state index < -0.39 is 5.92 Å². The van der Waals surface area contributed by atoms with Crippen molar-refractivity contribution in [2.45, 2.75) is 12.3 Å². The van der Waals surface area contributed by atoms with Crippen LogP contribution >= 0.6 is 0 Å². The summed E-state index contributed by atoms with van der Waals surface area (Å²) < 4.78 is 15.7. The summed E-state index contributed by atoms with van der Waals surface area (Å²) in [6, 6.07) is 20.6. The summed E-state index contributed by atoms with van der Waals surface area (Å²) in [7, 11) is 0. The van der Waals surface area contributed by atoms with Crippen molar-refractivity contribution in [3.8, 4) is 5.82 Å². The molecule has 0 radical (unpaired) electrons. The molecule has 5 nitrogen and oxygen atoms in total. The zero-order valence-corrected chi connectivity index (χ0v) is 15.3. The average Bonchev–Trinajstić information content (AvgIpc) is 3.25. The monoisotopic (exact) mass is 385 g/mol. The van der Waals surface area contributed by atoms with E-state index in [4.69, 9.17) is 0 Å². The van der Waals surface area contributed by atoms with Gasteiger partial charge in [0.2, 0.25) is 11.8 Å². The molecule has 6 heteroatoms. The summed E-state index contributed by atoms with van der Waals surface area (Å²) in [5.74, 6) is -1.02. The average molecular weight is 385 g/mol. The van der Waals surface area contributed by atoms with Crippen molar-refractivity contribution in [2.24, 2.45) is 0 Å². The first-order valence-corrected chi connectivity index (χ1v) is 9.27. The Hall–Kier alpha value is -3.80. The van der Waals surface area contributed by atoms with E-state index in [-0.39, 0.29) is 24.1 Å². The van der Waals surface area contributed by atoms with Crippen molar-refractivity contribution in [3.63, 3.8) is 0 Å². The fourth-order valence-electron chi connectivity index (χ4n) is 3.90. The zero-order valence-electron chi connectivity index (χ0n) is 15.3. The third-order valence-corrected chi connectivity index (χ3v) is 5.19. The van der Waals surface area contributed by atoms with Gasteiger partial charge < -0.3 is 0 Å². The Kier molecular flexibility index (Phi) is 3.98. The van der Waals surface area contributed by atoms with Gasteiger partial charge >= 0.3 is 0 Å². The Labute approximate surface area is 166 Å². The van der Waals surface area contributed by atoms with E-state index in [0.717, 1.165) is 5.39 Å². The minimum Gasteiger partial charge on any atom is -0.297 e. The van der Waals surface area contributed by atoms with Crippen molar-refractivity contribution < 1.29 is 14.0 Å². The van der Waals surface area contributed by atoms with Gasteiger partial charge in [0.25, 0.3) is 0 Å². The lowest BCUT2D eigenvalue weighted by molar-refractivity contribution is -0.121. The van der Waals surface area contributed by atoms with Crippen LogP contribution in [0, 0.1) is 5.82 Å². The van der Waals surface area contributed by atoms with E-state index in [0.29, 0.717) is 22.7 Å². The second-order valence-electron chi connectivity index (χ2n) is 6.96. The van der Waals surface area contributed by atoms with Gasteiger partial charge in [0.15, 0.2) is 0 Å². The largest absolute Gasteiger partial charge is 0.297 e. The molecule has 1 aliphatic rings. The van der Waals surface area contributed by atoms with Gasteiger partial charge in [-0.3, -0.25) is 14.2 Å². The summed E-state index contributed by atoms with van der Waals surface area (Å²) in [6.07, 6.45) is 1.70. The summed E-state index contributed by atoms with van der Waals surface area (Å²) in [5.41, 5.74) is 1.79. The lowest BCUT2D eigenvalue weighted by atomic mass is 10.0. The first kappa shape index (κ1) is 17.3. The summed E-state index contributed by atoms with van der Waals surface area (Å²) in [5, 5.41) is 0.783. The fourth-order valence-corrected chi connectivity index (χ4v) is 3.90. The smallest absolute Gasteiger partial charge is 0.243 e. The highest BCUT2D eigenvalue weighted by Gasteiger charge is 2.42. The van der Waals surface area contributed by atoms with E-state index in [1.165, 1.54) is 17.0 Å². The number of rotatable bonds is 3. The van der Waals surface area contributed by atoms with Crippen molar-refractivity contribution in [3.05, 3.63) is 90.5 Å². The van der Waals surface area contributed by atoms with Crippen molar-refractivity contribution >= 4 is 28.4 Å². The number of benzene rings is 2. The van der Waals surface area contributed by atoms with E-state index in [1.54, 1.807) is 53.2 Å². The first-order chi connectivity index (χ1) is 14.1. The van der Waals surface area contributed by atoms with Crippen molar-refractivity contribution in [2.75, 3.05) is 4.90 Å². The molecule has 1 aliphatic heterocycles. The third-order valence-electron chi connectivity index (χ3n) is 5.19. The molecule has 4 aromatic rings. The summed E-state index contributed by atoms with van der Waals surface area (Å²) in [4.78, 5) is 31.6. The molecule has 0 spiro atoms. The Morgan fingerprint density at radius 3 is 2.48 bits per heavy atom. The Morgan fingerprint density at radius 1 is 0.931 bits per heavy atom. The standard InChI is InChI=1S/C23H16FN3O2/c24-16-10-9-15-12-20(27(19(15)13-16)21-8-4-5-11-25-21)18-14-22(28)26(23(18)29)17-6-2-1-3-7-17/h1-13,18H,14H2. The lowest BCUT2D eigenvalue weighted by Gasteiger charge is -2.16. The Morgan fingerprint density at radius 2 is 1.72 bits per heavy atom. The third kappa shape index (κ3) is 2.81. The van der Waals surface area contributed by atoms with Crippen LogP contribution in [-0.2, 0) is 9.59 Å². The van der Waals surface area contributed by atoms with Gasteiger partial charge in [-0.05, 0) is 48.5 Å². The minimum absolute atomic E-state index is 0.0549. The van der Waals surface area contributed by atoms with Crippen molar-refractivity contribution in [1.29, 1.82) is 0 Å². The maximum absolute atomic E-state index is 14.0. The van der Waals surface area contributed by atoms with Crippen molar-refractivity contribution in [1.82, 2.24) is 9.55 Å². The van der Waals surface area contributed by atoms with Gasteiger partial charge in [0, 0.05) is 23.7 Å². The topological polar surface area (TPSA) is 55.2 Å². The van der Waals surface area contributed by atoms with E-state index in [2.05, 4.69) is 4.98 Å². The first-order valence-electron chi connectivity index (χ1n) is 9.27. The Bertz CT molecular complexity index is 1240. The number of amides is 2. The van der Waals surface area contributed by atoms with Gasteiger partial charge in [0.05, 0.1) is 17.1 Å². The number of pyridine rings is 1. The molecular weight excluding hydrogens is 369 g/mol. The highest BCUT2D eigenvalue weighted by atomic mass is 19.1. The molecule has 1 saturated heterocycles. The molecule has 5 rings (SSSR count). The predicted octanol–water partition coefficient (Wildman–Crippen LogP) is 4.21. The highest BCUT2D eigenvalue weighted by Crippen LogP contribution is 2.37. The normalized spacial score (nSPS) is 16.7. The maximum atomic E-state index is 14.0. The molecule has 3 heterocycles. The van der Waals surface area contributed by atoms with Crippen LogP contribution in [-0.4, -0.2) is 21.4 Å². The van der Waals surface area contributed by atoms with Crippen LogP contribution in [0.25, 0.3) is 16.7 Å². The van der Waals surface area contributed by atoms with E-state index >= 15 is 0 Å². The molecular formula is C23H16FN3O2. The summed E-state index contributed by atoms with van der Waals surface area (Å²) >= 11 is 0. The molecule has 2 amide bonds. The van der Waals surface area contributed by atoms with Gasteiger partial charge in [-0.25, -0.2) is 14.3 Å². The number of carbonyl (C=O) groups is 2. The number of nitrogens with zero attached hydrogens (tertiary/aromatic N) is 3. The van der Waals surface area contributed by atoms with Gasteiger partial charge in [-0.1, -0.05) is 24.3 Å². The maximum Gasteiger partial charge on any atom is 0.243 e. The van der Waals surface area contributed by atoms with E-state index in [1.807, 2.05) is 18.2 Å². The van der Waals surface area contributed by atoms with Crippen LogP contribution in [0.4, 0.5) is 10.1 Å². The van der Waals surface area contributed by atoms with Gasteiger partial charge in [0.1, 0.15) is 11.6 Å². The molecule has 2 aromatic carbocycles. The predicted molar refractivity (Wildman–Crippen MR) is 107 cm³/mol. The number of hydrogen-bond donors (Lipinski definition) is 0. The zero-order chi connectivity index (χ0) is 20.0. The van der Waals surface area contributed by atoms with Crippen LogP contribution in [0.3, 0.4) is 0 Å². The second-order valence-corrected chi connectivity index (χ2v) is 6.96. The molecule has 0 saturated carbocycles. The van der Waals surface area contributed by atoms with Crippen LogP contribution in [0.2, 0.25) is 0 Å². The number of anilines is 1. The Balaban J connectivity index is 1.68. The quantitative estimate of drug-likeness (QED) is 0.497. The molecule has 29 heavy (non-hydrogen) atoms. The number of fused-ring (bicyclic) bond motifs is 1. The summed E-state index contributed by atoms with van der Waals surface area (Å²) in [6.45, 7) is 0. The van der Waals surface area contributed by atoms with E-state index in [9.17, 15) is 14.0 Å². The molecule has 1 fully saturated rings. The molecule has 0 aliphatic carbocycles. The van der Waals surface area contributed by atoms with Gasteiger partial charge in [-0.15, -0.1) is 0 Å². The molecule has 1 unspecified atom stereocenters. The number of imide groups is 1. The number of carbonyl (C=O) groups excluding carboxylic acids is 2. The number of halogens is 1. The van der Waals surface area contributed by atoms with Crippen LogP contribution in [0.1, 0.15) is 18.0 Å². The SMILES string of the molecule is O=C1CC(c2cc3ccc(F)cc3n2-c2ccccn2)C(=O)N1c1ccccc1. The highest BCUT2D eigenvalue weighted by molar-refractivity contribution is 6.22. The molecule has 142 valence electrons. The minimum atomic E-state index is -0.667. The number of hydrogen-bond acceptors (Lipinski definition) is 3.